The van der Waals surface area contributed by atoms with Crippen LogP contribution in [0.1, 0.15) is 46.0 Å². The van der Waals surface area contributed by atoms with Gasteiger partial charge in [-0.2, -0.15) is 0 Å². The second-order valence-corrected chi connectivity index (χ2v) is 8.73. The monoisotopic (exact) mass is 326 g/mol. The molecule has 0 aromatic carbocycles. The smallest absolute Gasteiger partial charge is 0.237 e. The number of amides is 1. The van der Waals surface area contributed by atoms with Crippen LogP contribution in [0, 0.1) is 5.41 Å². The summed E-state index contributed by atoms with van der Waals surface area (Å²) in [4.78, 5) is 11.9. The molecule has 0 spiro atoms. The van der Waals surface area contributed by atoms with Crippen molar-refractivity contribution in [1.29, 1.82) is 0 Å². The molecule has 120 valence electrons. The van der Waals surface area contributed by atoms with Gasteiger partial charge in [0, 0.05) is 12.3 Å². The number of hydrogen-bond acceptors (Lipinski definition) is 4. The van der Waals surface area contributed by atoms with Crippen LogP contribution in [0.25, 0.3) is 0 Å². The number of carbonyl (C=O) groups is 1. The van der Waals surface area contributed by atoms with E-state index >= 15 is 0 Å². The van der Waals surface area contributed by atoms with Gasteiger partial charge >= 0.3 is 0 Å². The SMILES string of the molecule is CC1(C)CCC(NC(=O)C(N)CCS(C)(=O)=O)CC1.Cl. The topological polar surface area (TPSA) is 89.3 Å². The molecular formula is C13H27ClN2O3S. The summed E-state index contributed by atoms with van der Waals surface area (Å²) >= 11 is 0. The molecule has 1 atom stereocenters. The normalized spacial score (nSPS) is 20.8. The Morgan fingerprint density at radius 3 is 2.30 bits per heavy atom. The third-order valence-electron chi connectivity index (χ3n) is 3.82. The molecule has 7 heteroatoms. The predicted molar refractivity (Wildman–Crippen MR) is 83.7 cm³/mol. The fourth-order valence-electron chi connectivity index (χ4n) is 2.32. The first-order chi connectivity index (χ1) is 8.59. The molecule has 0 bridgehead atoms. The highest BCUT2D eigenvalue weighted by molar-refractivity contribution is 7.90. The van der Waals surface area contributed by atoms with Crippen molar-refractivity contribution in [1.82, 2.24) is 5.32 Å². The van der Waals surface area contributed by atoms with Crippen LogP contribution >= 0.6 is 12.4 Å². The van der Waals surface area contributed by atoms with Crippen LogP contribution in [-0.4, -0.2) is 38.4 Å². The molecule has 1 unspecified atom stereocenters. The zero-order valence-corrected chi connectivity index (χ0v) is 14.1. The summed E-state index contributed by atoms with van der Waals surface area (Å²) in [5.74, 6) is -0.271. The molecule has 0 radical (unpaired) electrons. The van der Waals surface area contributed by atoms with E-state index in [4.69, 9.17) is 5.73 Å². The number of halogens is 1. The lowest BCUT2D eigenvalue weighted by atomic mass is 9.75. The van der Waals surface area contributed by atoms with Gasteiger partial charge in [0.15, 0.2) is 0 Å². The Balaban J connectivity index is 0.00000361. The minimum absolute atomic E-state index is 0. The van der Waals surface area contributed by atoms with E-state index in [1.807, 2.05) is 0 Å². The molecule has 0 aromatic rings. The average molecular weight is 327 g/mol. The van der Waals surface area contributed by atoms with Crippen LogP contribution < -0.4 is 11.1 Å². The molecule has 1 amide bonds. The molecular weight excluding hydrogens is 300 g/mol. The van der Waals surface area contributed by atoms with Crippen LogP contribution in [0.2, 0.25) is 0 Å². The number of nitrogens with two attached hydrogens (primary N) is 1. The fourth-order valence-corrected chi connectivity index (χ4v) is 3.01. The summed E-state index contributed by atoms with van der Waals surface area (Å²) in [6.07, 6.45) is 5.46. The lowest BCUT2D eigenvalue weighted by Gasteiger charge is -2.35. The molecule has 20 heavy (non-hydrogen) atoms. The Morgan fingerprint density at radius 2 is 1.85 bits per heavy atom. The lowest BCUT2D eigenvalue weighted by molar-refractivity contribution is -0.123. The highest BCUT2D eigenvalue weighted by Crippen LogP contribution is 2.34. The molecule has 0 saturated heterocycles. The maximum absolute atomic E-state index is 11.9. The molecule has 1 aliphatic rings. The van der Waals surface area contributed by atoms with Gasteiger partial charge in [0.1, 0.15) is 9.84 Å². The van der Waals surface area contributed by atoms with Crippen LogP contribution in [0.5, 0.6) is 0 Å². The van der Waals surface area contributed by atoms with Gasteiger partial charge in [-0.05, 0) is 37.5 Å². The number of hydrogen-bond donors (Lipinski definition) is 2. The minimum atomic E-state index is -3.06. The fraction of sp³-hybridized carbons (Fsp3) is 0.923. The Kier molecular flexibility index (Phi) is 7.49. The summed E-state index contributed by atoms with van der Waals surface area (Å²) in [5.41, 5.74) is 6.08. The molecule has 1 aliphatic carbocycles. The Labute approximate surface area is 128 Å². The van der Waals surface area contributed by atoms with E-state index < -0.39 is 15.9 Å². The van der Waals surface area contributed by atoms with Crippen LogP contribution in [-0.2, 0) is 14.6 Å². The molecule has 0 aliphatic heterocycles. The van der Waals surface area contributed by atoms with Gasteiger partial charge < -0.3 is 11.1 Å². The van der Waals surface area contributed by atoms with E-state index in [0.717, 1.165) is 31.9 Å². The van der Waals surface area contributed by atoms with Crippen LogP contribution in [0.4, 0.5) is 0 Å². The molecule has 5 nitrogen and oxygen atoms in total. The summed E-state index contributed by atoms with van der Waals surface area (Å²) < 4.78 is 22.1. The first-order valence-corrected chi connectivity index (χ1v) is 8.89. The minimum Gasteiger partial charge on any atom is -0.352 e. The van der Waals surface area contributed by atoms with Crippen LogP contribution in [0.3, 0.4) is 0 Å². The van der Waals surface area contributed by atoms with Gasteiger partial charge in [-0.15, -0.1) is 12.4 Å². The van der Waals surface area contributed by atoms with Crippen molar-refractivity contribution in [2.24, 2.45) is 11.1 Å². The summed E-state index contributed by atoms with van der Waals surface area (Å²) in [7, 11) is -3.06. The Morgan fingerprint density at radius 1 is 1.35 bits per heavy atom. The number of carbonyl (C=O) groups excluding carboxylic acids is 1. The van der Waals surface area contributed by atoms with Crippen molar-refractivity contribution in [3.63, 3.8) is 0 Å². The standard InChI is InChI=1S/C13H26N2O3S.ClH/c1-13(2)7-4-10(5-8-13)15-12(16)11(14)6-9-19(3,17)18;/h10-11H,4-9,14H2,1-3H3,(H,15,16);1H. The van der Waals surface area contributed by atoms with Crippen molar-refractivity contribution >= 4 is 28.2 Å². The molecule has 0 aromatic heterocycles. The largest absolute Gasteiger partial charge is 0.352 e. The van der Waals surface area contributed by atoms with Gasteiger partial charge in [-0.1, -0.05) is 13.8 Å². The van der Waals surface area contributed by atoms with Crippen molar-refractivity contribution < 1.29 is 13.2 Å². The van der Waals surface area contributed by atoms with E-state index in [0.29, 0.717) is 5.41 Å². The second-order valence-electron chi connectivity index (χ2n) is 6.47. The number of rotatable bonds is 5. The van der Waals surface area contributed by atoms with Gasteiger partial charge in [0.25, 0.3) is 0 Å². The maximum atomic E-state index is 11.9. The van der Waals surface area contributed by atoms with E-state index in [9.17, 15) is 13.2 Å². The highest BCUT2D eigenvalue weighted by Gasteiger charge is 2.28. The van der Waals surface area contributed by atoms with Crippen LogP contribution in [0.15, 0.2) is 0 Å². The predicted octanol–water partition coefficient (Wildman–Crippen LogP) is 1.26. The van der Waals surface area contributed by atoms with E-state index in [1.165, 1.54) is 0 Å². The number of nitrogens with one attached hydrogen (secondary N) is 1. The average Bonchev–Trinajstić information content (AvgIpc) is 2.27. The third kappa shape index (κ3) is 7.45. The molecule has 1 fully saturated rings. The second kappa shape index (κ2) is 7.61. The Hall–Kier alpha value is -0.330. The van der Waals surface area contributed by atoms with Gasteiger partial charge in [0.05, 0.1) is 11.8 Å². The summed E-state index contributed by atoms with van der Waals surface area (Å²) in [5, 5.41) is 2.93. The summed E-state index contributed by atoms with van der Waals surface area (Å²) in [6, 6.07) is -0.547. The molecule has 0 heterocycles. The van der Waals surface area contributed by atoms with Crippen molar-refractivity contribution in [3.8, 4) is 0 Å². The zero-order valence-electron chi connectivity index (χ0n) is 12.5. The van der Waals surface area contributed by atoms with Crippen molar-refractivity contribution in [2.75, 3.05) is 12.0 Å². The lowest BCUT2D eigenvalue weighted by Crippen LogP contribution is -2.47. The first kappa shape index (κ1) is 19.7. The van der Waals surface area contributed by atoms with Crippen molar-refractivity contribution in [2.45, 2.75) is 58.0 Å². The van der Waals surface area contributed by atoms with E-state index in [-0.39, 0.29) is 36.5 Å². The molecule has 1 rings (SSSR count). The zero-order chi connectivity index (χ0) is 14.7. The highest BCUT2D eigenvalue weighted by atomic mass is 35.5. The summed E-state index contributed by atoms with van der Waals surface area (Å²) in [6.45, 7) is 4.48. The third-order valence-corrected chi connectivity index (χ3v) is 4.80. The van der Waals surface area contributed by atoms with Crippen molar-refractivity contribution in [3.05, 3.63) is 0 Å². The molecule has 3 N–H and O–H groups in total. The van der Waals surface area contributed by atoms with Gasteiger partial charge in [-0.25, -0.2) is 8.42 Å². The van der Waals surface area contributed by atoms with Gasteiger partial charge in [-0.3, -0.25) is 4.79 Å². The van der Waals surface area contributed by atoms with Gasteiger partial charge in [0.2, 0.25) is 5.91 Å². The van der Waals surface area contributed by atoms with E-state index in [1.54, 1.807) is 0 Å². The number of sulfone groups is 1. The van der Waals surface area contributed by atoms with E-state index in [2.05, 4.69) is 19.2 Å². The Bertz CT molecular complexity index is 413. The first-order valence-electron chi connectivity index (χ1n) is 6.83. The quantitative estimate of drug-likeness (QED) is 0.795. The molecule has 1 saturated carbocycles. The maximum Gasteiger partial charge on any atom is 0.237 e.